The molecule has 1 rings (SSSR count). The van der Waals surface area contributed by atoms with E-state index in [1.54, 1.807) is 6.07 Å². The van der Waals surface area contributed by atoms with Crippen LogP contribution < -0.4 is 9.47 Å². The molecule has 0 aliphatic rings. The van der Waals surface area contributed by atoms with E-state index in [4.69, 9.17) is 19.2 Å². The highest BCUT2D eigenvalue weighted by atomic mass is 17.2. The topological polar surface area (TPSA) is 89.5 Å². The summed E-state index contributed by atoms with van der Waals surface area (Å²) >= 11 is 0. The predicted octanol–water partition coefficient (Wildman–Crippen LogP) is 2.85. The van der Waals surface area contributed by atoms with Crippen molar-refractivity contribution in [3.05, 3.63) is 49.1 Å². The maximum Gasteiger partial charge on any atom is 0.365 e. The number of hydrogen-bond acceptors (Lipinski definition) is 8. The molecule has 0 unspecified atom stereocenters. The molecule has 148 valence electrons. The highest BCUT2D eigenvalue weighted by molar-refractivity contribution is 5.80. The largest absolute Gasteiger partial charge is 0.493 e. The van der Waals surface area contributed by atoms with E-state index >= 15 is 0 Å². The molecule has 0 bridgehead atoms. The minimum atomic E-state index is -0.633. The van der Waals surface area contributed by atoms with Gasteiger partial charge in [0.1, 0.15) is 11.5 Å². The lowest BCUT2D eigenvalue weighted by molar-refractivity contribution is -0.268. The average molecular weight is 380 g/mol. The lowest BCUT2D eigenvalue weighted by atomic mass is 10.2. The standard InChI is InChI=1S/C19H24O8/c1-4-18(20)26-24-12-6-10-22-16-8-9-17(15(3)14-16)23-11-7-13-25-27-19(21)5-2/h4-5,8-9,14H,1-2,6-7,10-13H2,3H3. The minimum Gasteiger partial charge on any atom is -0.493 e. The number of carbonyl (C=O) groups excluding carboxylic acids is 2. The van der Waals surface area contributed by atoms with Gasteiger partial charge >= 0.3 is 11.9 Å². The monoisotopic (exact) mass is 380 g/mol. The molecule has 0 heterocycles. The fourth-order valence-corrected chi connectivity index (χ4v) is 1.75. The first-order valence-corrected chi connectivity index (χ1v) is 8.34. The Morgan fingerprint density at radius 3 is 1.96 bits per heavy atom. The van der Waals surface area contributed by atoms with Gasteiger partial charge in [-0.1, -0.05) is 13.2 Å². The van der Waals surface area contributed by atoms with Gasteiger partial charge in [-0.2, -0.15) is 9.78 Å². The average Bonchev–Trinajstić information content (AvgIpc) is 2.67. The first-order chi connectivity index (χ1) is 13.1. The second-order valence-corrected chi connectivity index (χ2v) is 5.19. The number of carbonyl (C=O) groups is 2. The summed E-state index contributed by atoms with van der Waals surface area (Å²) in [5, 5.41) is 0. The molecule has 0 aliphatic carbocycles. The van der Waals surface area contributed by atoms with E-state index in [1.165, 1.54) is 0 Å². The zero-order valence-electron chi connectivity index (χ0n) is 15.3. The van der Waals surface area contributed by atoms with Gasteiger partial charge in [-0.25, -0.2) is 9.59 Å². The highest BCUT2D eigenvalue weighted by Crippen LogP contribution is 2.23. The van der Waals surface area contributed by atoms with Gasteiger partial charge < -0.3 is 9.47 Å². The van der Waals surface area contributed by atoms with Gasteiger partial charge in [-0.15, -0.1) is 0 Å². The van der Waals surface area contributed by atoms with Crippen LogP contribution in [0.1, 0.15) is 18.4 Å². The molecule has 0 atom stereocenters. The third kappa shape index (κ3) is 10.0. The van der Waals surface area contributed by atoms with Crippen molar-refractivity contribution >= 4 is 11.9 Å². The van der Waals surface area contributed by atoms with Crippen molar-refractivity contribution < 1.29 is 38.6 Å². The molecular formula is C19H24O8. The van der Waals surface area contributed by atoms with Crippen LogP contribution in [0.3, 0.4) is 0 Å². The van der Waals surface area contributed by atoms with Crippen molar-refractivity contribution in [2.24, 2.45) is 0 Å². The van der Waals surface area contributed by atoms with Gasteiger partial charge in [0.25, 0.3) is 0 Å². The molecule has 0 N–H and O–H groups in total. The minimum absolute atomic E-state index is 0.226. The molecular weight excluding hydrogens is 356 g/mol. The maximum atomic E-state index is 10.8. The lowest BCUT2D eigenvalue weighted by Crippen LogP contribution is -2.07. The molecule has 0 saturated carbocycles. The molecule has 0 amide bonds. The van der Waals surface area contributed by atoms with Gasteiger partial charge in [0.15, 0.2) is 0 Å². The molecule has 8 nitrogen and oxygen atoms in total. The molecule has 0 saturated heterocycles. The molecule has 1 aromatic carbocycles. The molecule has 1 aromatic rings. The zero-order chi connectivity index (χ0) is 19.9. The second kappa shape index (κ2) is 13.4. The van der Waals surface area contributed by atoms with E-state index in [9.17, 15) is 9.59 Å². The summed E-state index contributed by atoms with van der Waals surface area (Å²) in [6.45, 7) is 9.69. The van der Waals surface area contributed by atoms with Gasteiger partial charge in [0.2, 0.25) is 0 Å². The van der Waals surface area contributed by atoms with Crippen LogP contribution in [-0.4, -0.2) is 38.4 Å². The first-order valence-electron chi connectivity index (χ1n) is 8.34. The molecule has 0 fully saturated rings. The van der Waals surface area contributed by atoms with Crippen LogP contribution in [0.2, 0.25) is 0 Å². The predicted molar refractivity (Wildman–Crippen MR) is 95.9 cm³/mol. The summed E-state index contributed by atoms with van der Waals surface area (Å²) in [6, 6.07) is 5.46. The van der Waals surface area contributed by atoms with Crippen LogP contribution in [0.15, 0.2) is 43.5 Å². The van der Waals surface area contributed by atoms with Crippen molar-refractivity contribution in [1.82, 2.24) is 0 Å². The number of aryl methyl sites for hydroxylation is 1. The zero-order valence-corrected chi connectivity index (χ0v) is 15.3. The van der Waals surface area contributed by atoms with Crippen LogP contribution in [0.5, 0.6) is 11.5 Å². The smallest absolute Gasteiger partial charge is 0.365 e. The number of benzene rings is 1. The maximum absolute atomic E-state index is 10.8. The van der Waals surface area contributed by atoms with E-state index in [0.29, 0.717) is 31.8 Å². The van der Waals surface area contributed by atoms with Crippen molar-refractivity contribution in [2.45, 2.75) is 19.8 Å². The van der Waals surface area contributed by atoms with Gasteiger partial charge in [-0.3, -0.25) is 9.78 Å². The van der Waals surface area contributed by atoms with E-state index in [-0.39, 0.29) is 13.2 Å². The molecule has 8 heteroatoms. The van der Waals surface area contributed by atoms with Crippen molar-refractivity contribution in [2.75, 3.05) is 26.4 Å². The summed E-state index contributed by atoms with van der Waals surface area (Å²) < 4.78 is 11.2. The third-order valence-electron chi connectivity index (χ3n) is 3.03. The Bertz CT molecular complexity index is 626. The van der Waals surface area contributed by atoms with Gasteiger partial charge in [-0.05, 0) is 30.7 Å². The van der Waals surface area contributed by atoms with E-state index < -0.39 is 11.9 Å². The third-order valence-corrected chi connectivity index (χ3v) is 3.03. The Balaban J connectivity index is 2.19. The van der Waals surface area contributed by atoms with Gasteiger partial charge in [0, 0.05) is 25.0 Å². The van der Waals surface area contributed by atoms with Crippen molar-refractivity contribution in [1.29, 1.82) is 0 Å². The Hall–Kier alpha value is -2.84. The summed E-state index contributed by atoms with van der Waals surface area (Å²) in [7, 11) is 0. The molecule has 0 radical (unpaired) electrons. The normalized spacial score (nSPS) is 9.96. The van der Waals surface area contributed by atoms with Crippen LogP contribution in [0, 0.1) is 6.92 Å². The summed E-state index contributed by atoms with van der Waals surface area (Å²) in [4.78, 5) is 39.7. The fraction of sp³-hybridized carbons (Fsp3) is 0.368. The highest BCUT2D eigenvalue weighted by Gasteiger charge is 2.04. The van der Waals surface area contributed by atoms with E-state index in [2.05, 4.69) is 22.9 Å². The summed E-state index contributed by atoms with van der Waals surface area (Å²) in [5.41, 5.74) is 0.919. The van der Waals surface area contributed by atoms with Crippen LogP contribution >= 0.6 is 0 Å². The first kappa shape index (κ1) is 22.2. The summed E-state index contributed by atoms with van der Waals surface area (Å²) in [5.74, 6) is 0.158. The van der Waals surface area contributed by atoms with Crippen molar-refractivity contribution in [3.63, 3.8) is 0 Å². The summed E-state index contributed by atoms with van der Waals surface area (Å²) in [6.07, 6.45) is 3.15. The number of hydrogen-bond donors (Lipinski definition) is 0. The fourth-order valence-electron chi connectivity index (χ4n) is 1.75. The Morgan fingerprint density at radius 2 is 1.44 bits per heavy atom. The molecule has 27 heavy (non-hydrogen) atoms. The van der Waals surface area contributed by atoms with Crippen LogP contribution in [-0.2, 0) is 29.1 Å². The lowest BCUT2D eigenvalue weighted by Gasteiger charge is -2.11. The van der Waals surface area contributed by atoms with E-state index in [0.717, 1.165) is 23.5 Å². The SMILES string of the molecule is C=CC(=O)OOCCCOc1ccc(OCCCOOC(=O)C=C)c(C)c1. The quantitative estimate of drug-likeness (QED) is 0.211. The Kier molecular flexibility index (Phi) is 11.0. The van der Waals surface area contributed by atoms with Gasteiger partial charge in [0.05, 0.1) is 26.4 Å². The van der Waals surface area contributed by atoms with Crippen LogP contribution in [0.25, 0.3) is 0 Å². The molecule has 0 aliphatic heterocycles. The van der Waals surface area contributed by atoms with Crippen molar-refractivity contribution in [3.8, 4) is 11.5 Å². The number of ether oxygens (including phenoxy) is 2. The second-order valence-electron chi connectivity index (χ2n) is 5.19. The number of rotatable bonds is 14. The van der Waals surface area contributed by atoms with Crippen LogP contribution in [0.4, 0.5) is 0 Å². The Labute approximate surface area is 158 Å². The van der Waals surface area contributed by atoms with E-state index in [1.807, 2.05) is 19.1 Å². The molecule has 0 spiro atoms. The molecule has 0 aromatic heterocycles. The Morgan fingerprint density at radius 1 is 0.889 bits per heavy atom.